The second-order valence-corrected chi connectivity index (χ2v) is 4.28. The molecule has 2 nitrogen and oxygen atoms in total. The van der Waals surface area contributed by atoms with Gasteiger partial charge in [0.25, 0.3) is 0 Å². The van der Waals surface area contributed by atoms with Crippen molar-refractivity contribution < 1.29 is 25.9 Å². The third kappa shape index (κ3) is 2.08. The number of nitrogens with zero attached hydrogens (tertiary/aromatic N) is 1. The third-order valence-corrected chi connectivity index (χ3v) is 3.11. The standard InChI is InChI=1S/C13H14NO.W/c15-13-7-3-5-10-4-1-2-6-12(10)14(13)11-8-9-11;/h1-2,4,6H,3,5,7-9H2;/q-1;. The van der Waals surface area contributed by atoms with Gasteiger partial charge in [0, 0.05) is 33.2 Å². The first-order valence-electron chi connectivity index (χ1n) is 5.62. The van der Waals surface area contributed by atoms with Gasteiger partial charge in [0.1, 0.15) is 0 Å². The van der Waals surface area contributed by atoms with E-state index in [9.17, 15) is 4.79 Å². The fraction of sp³-hybridized carbons (Fsp3) is 0.385. The predicted molar refractivity (Wildman–Crippen MR) is 59.3 cm³/mol. The molecular weight excluding hydrogens is 370 g/mol. The number of hydrogen-bond donors (Lipinski definition) is 0. The molecule has 1 aromatic rings. The average Bonchev–Trinajstić information content (AvgIpc) is 3.03. The minimum absolute atomic E-state index is 0. The van der Waals surface area contributed by atoms with Crippen LogP contribution < -0.4 is 4.90 Å². The van der Waals surface area contributed by atoms with E-state index in [4.69, 9.17) is 0 Å². The zero-order chi connectivity index (χ0) is 10.3. The molecule has 3 rings (SSSR count). The number of amides is 1. The van der Waals surface area contributed by atoms with Crippen LogP contribution in [0.2, 0.25) is 0 Å². The van der Waals surface area contributed by atoms with Crippen molar-refractivity contribution in [1.82, 2.24) is 0 Å². The van der Waals surface area contributed by atoms with E-state index in [-0.39, 0.29) is 27.0 Å². The van der Waals surface area contributed by atoms with E-state index in [1.165, 1.54) is 11.6 Å². The normalized spacial score (nSPS) is 19.8. The molecule has 0 bridgehead atoms. The van der Waals surface area contributed by atoms with Crippen LogP contribution in [0, 0.1) is 6.04 Å². The van der Waals surface area contributed by atoms with Gasteiger partial charge >= 0.3 is 0 Å². The second kappa shape index (κ2) is 4.71. The maximum absolute atomic E-state index is 12.0. The maximum atomic E-state index is 12.0. The smallest absolute Gasteiger partial charge is 0.197 e. The van der Waals surface area contributed by atoms with Gasteiger partial charge in [-0.05, 0) is 24.5 Å². The Labute approximate surface area is 110 Å². The summed E-state index contributed by atoms with van der Waals surface area (Å²) in [4.78, 5) is 13.9. The molecule has 0 radical (unpaired) electrons. The molecule has 0 aromatic heterocycles. The molecule has 1 aromatic carbocycles. The molecule has 3 heteroatoms. The van der Waals surface area contributed by atoms with Crippen molar-refractivity contribution in [1.29, 1.82) is 0 Å². The number of fused-ring (bicyclic) bond motifs is 1. The molecule has 1 aliphatic heterocycles. The van der Waals surface area contributed by atoms with E-state index in [2.05, 4.69) is 18.2 Å². The number of aryl methyl sites for hydroxylation is 1. The van der Waals surface area contributed by atoms with Crippen molar-refractivity contribution in [3.8, 4) is 0 Å². The quantitative estimate of drug-likeness (QED) is 0.682. The Morgan fingerprint density at radius 3 is 2.62 bits per heavy atom. The van der Waals surface area contributed by atoms with Crippen LogP contribution in [0.3, 0.4) is 0 Å². The molecular formula is C13H14NOW-. The second-order valence-electron chi connectivity index (χ2n) is 4.28. The van der Waals surface area contributed by atoms with Gasteiger partial charge in [0.2, 0.25) is 0 Å². The zero-order valence-corrected chi connectivity index (χ0v) is 12.0. The summed E-state index contributed by atoms with van der Waals surface area (Å²) in [6, 6.07) is 9.60. The number of rotatable bonds is 1. The summed E-state index contributed by atoms with van der Waals surface area (Å²) in [5.41, 5.74) is 2.45. The van der Waals surface area contributed by atoms with Crippen molar-refractivity contribution in [2.24, 2.45) is 0 Å². The first kappa shape index (κ1) is 11.9. The molecule has 1 saturated carbocycles. The molecule has 2 aliphatic rings. The van der Waals surface area contributed by atoms with E-state index < -0.39 is 0 Å². The van der Waals surface area contributed by atoms with Crippen LogP contribution in [0.5, 0.6) is 0 Å². The molecule has 0 unspecified atom stereocenters. The third-order valence-electron chi connectivity index (χ3n) is 3.11. The van der Waals surface area contributed by atoms with Gasteiger partial charge in [-0.1, -0.05) is 18.2 Å². The number of carbonyl (C=O) groups excluding carboxylic acids is 1. The molecule has 16 heavy (non-hydrogen) atoms. The molecule has 0 N–H and O–H groups in total. The molecule has 1 fully saturated rings. The summed E-state index contributed by atoms with van der Waals surface area (Å²) in [6.07, 6.45) is 4.91. The van der Waals surface area contributed by atoms with Gasteiger partial charge < -0.3 is 4.90 Å². The number of benzene rings is 1. The Bertz CT molecular complexity index is 401. The zero-order valence-electron chi connectivity index (χ0n) is 9.11. The monoisotopic (exact) mass is 384 g/mol. The van der Waals surface area contributed by atoms with Crippen molar-refractivity contribution in [2.75, 3.05) is 4.90 Å². The first-order valence-corrected chi connectivity index (χ1v) is 5.62. The number of hydrogen-bond acceptors (Lipinski definition) is 1. The van der Waals surface area contributed by atoms with E-state index in [1.54, 1.807) is 0 Å². The van der Waals surface area contributed by atoms with Crippen LogP contribution in [0.15, 0.2) is 24.3 Å². The fourth-order valence-electron chi connectivity index (χ4n) is 2.24. The first-order chi connectivity index (χ1) is 7.36. The molecule has 0 atom stereocenters. The molecule has 1 heterocycles. The Morgan fingerprint density at radius 1 is 1.12 bits per heavy atom. The van der Waals surface area contributed by atoms with Crippen LogP contribution in [-0.2, 0) is 32.3 Å². The van der Waals surface area contributed by atoms with Crippen molar-refractivity contribution >= 4 is 11.6 Å². The topological polar surface area (TPSA) is 20.3 Å². The minimum Gasteiger partial charge on any atom is -0.462 e. The molecule has 0 saturated heterocycles. The summed E-state index contributed by atoms with van der Waals surface area (Å²) in [6.45, 7) is 0. The number of anilines is 1. The number of para-hydroxylation sites is 1. The summed E-state index contributed by atoms with van der Waals surface area (Å²) < 4.78 is 0. The fourth-order valence-corrected chi connectivity index (χ4v) is 2.24. The summed E-state index contributed by atoms with van der Waals surface area (Å²) >= 11 is 0. The van der Waals surface area contributed by atoms with Crippen LogP contribution in [0.1, 0.15) is 31.2 Å². The van der Waals surface area contributed by atoms with Gasteiger partial charge in [-0.15, -0.1) is 0 Å². The molecule has 1 aliphatic carbocycles. The van der Waals surface area contributed by atoms with Gasteiger partial charge in [0.15, 0.2) is 5.91 Å². The largest absolute Gasteiger partial charge is 0.462 e. The van der Waals surface area contributed by atoms with Crippen LogP contribution in [0.4, 0.5) is 5.69 Å². The summed E-state index contributed by atoms with van der Waals surface area (Å²) in [5.74, 6) is 0.285. The van der Waals surface area contributed by atoms with Crippen LogP contribution in [0.25, 0.3) is 0 Å². The van der Waals surface area contributed by atoms with Gasteiger partial charge in [0.05, 0.1) is 0 Å². The SMILES string of the molecule is O=C1CCCc2ccccc2N1[C-]1CC1.[W]. The summed E-state index contributed by atoms with van der Waals surface area (Å²) in [5, 5.41) is 0. The number of carbonyl (C=O) groups is 1. The predicted octanol–water partition coefficient (Wildman–Crippen LogP) is 2.68. The Morgan fingerprint density at radius 2 is 1.88 bits per heavy atom. The average molecular weight is 384 g/mol. The van der Waals surface area contributed by atoms with Crippen LogP contribution in [-0.4, -0.2) is 5.91 Å². The van der Waals surface area contributed by atoms with Gasteiger partial charge in [-0.2, -0.15) is 12.8 Å². The van der Waals surface area contributed by atoms with Gasteiger partial charge in [-0.3, -0.25) is 4.79 Å². The van der Waals surface area contributed by atoms with Gasteiger partial charge in [-0.25, -0.2) is 6.04 Å². The Balaban J connectivity index is 0.000000963. The van der Waals surface area contributed by atoms with E-state index >= 15 is 0 Å². The van der Waals surface area contributed by atoms with Crippen LogP contribution >= 0.6 is 0 Å². The maximum Gasteiger partial charge on any atom is 0.197 e. The Kier molecular flexibility index (Phi) is 3.49. The van der Waals surface area contributed by atoms with Crippen molar-refractivity contribution in [3.63, 3.8) is 0 Å². The minimum atomic E-state index is 0. The van der Waals surface area contributed by atoms with E-state index in [0.717, 1.165) is 31.4 Å². The van der Waals surface area contributed by atoms with E-state index in [1.807, 2.05) is 11.0 Å². The van der Waals surface area contributed by atoms with Crippen molar-refractivity contribution in [3.05, 3.63) is 35.9 Å². The molecule has 84 valence electrons. The van der Waals surface area contributed by atoms with Crippen molar-refractivity contribution in [2.45, 2.75) is 32.1 Å². The molecule has 1 amide bonds. The van der Waals surface area contributed by atoms with E-state index in [0.29, 0.717) is 6.42 Å². The molecule has 0 spiro atoms. The Hall–Kier alpha value is -0.622. The summed E-state index contributed by atoms with van der Waals surface area (Å²) in [7, 11) is 0.